The van der Waals surface area contributed by atoms with E-state index in [-0.39, 0.29) is 12.0 Å². The van der Waals surface area contributed by atoms with Crippen molar-refractivity contribution in [1.82, 2.24) is 5.32 Å². The van der Waals surface area contributed by atoms with Crippen LogP contribution >= 0.6 is 0 Å². The highest BCUT2D eigenvalue weighted by Crippen LogP contribution is 2.22. The molecule has 1 N–H and O–H groups in total. The molecule has 4 heteroatoms. The molecule has 1 saturated heterocycles. The van der Waals surface area contributed by atoms with E-state index in [1.165, 1.54) is 0 Å². The van der Waals surface area contributed by atoms with Gasteiger partial charge in [-0.2, -0.15) is 0 Å². The van der Waals surface area contributed by atoms with Crippen molar-refractivity contribution in [2.45, 2.75) is 25.5 Å². The summed E-state index contributed by atoms with van der Waals surface area (Å²) >= 11 is 0. The monoisotopic (exact) mass is 285 g/mol. The number of benzene rings is 2. The van der Waals surface area contributed by atoms with Crippen LogP contribution in [0.1, 0.15) is 18.4 Å². The molecule has 110 valence electrons. The molecular formula is C17H19NO3. The van der Waals surface area contributed by atoms with Gasteiger partial charge in [0, 0.05) is 13.2 Å². The maximum absolute atomic E-state index is 11.9. The lowest BCUT2D eigenvalue weighted by Crippen LogP contribution is -2.33. The number of methoxy groups -OCH3 is 1. The fourth-order valence-electron chi connectivity index (χ4n) is 2.60. The van der Waals surface area contributed by atoms with Crippen LogP contribution in [0.15, 0.2) is 36.4 Å². The Balaban J connectivity index is 1.68. The molecule has 1 fully saturated rings. The molecule has 1 heterocycles. The third-order valence-corrected chi connectivity index (χ3v) is 3.80. The first-order valence-corrected chi connectivity index (χ1v) is 7.22. The number of hydrogen-bond acceptors (Lipinski definition) is 3. The van der Waals surface area contributed by atoms with E-state index >= 15 is 0 Å². The SMILES string of the molecule is COc1ccc2cc(CNC(=O)C3CCCO3)ccc2c1. The van der Waals surface area contributed by atoms with Gasteiger partial charge in [0.05, 0.1) is 7.11 Å². The summed E-state index contributed by atoms with van der Waals surface area (Å²) in [5.74, 6) is 0.837. The first-order chi connectivity index (χ1) is 10.3. The number of fused-ring (bicyclic) bond motifs is 1. The maximum Gasteiger partial charge on any atom is 0.249 e. The van der Waals surface area contributed by atoms with Gasteiger partial charge in [-0.05, 0) is 47.4 Å². The molecule has 0 radical (unpaired) electrons. The van der Waals surface area contributed by atoms with E-state index in [9.17, 15) is 4.79 Å². The zero-order chi connectivity index (χ0) is 14.7. The molecule has 21 heavy (non-hydrogen) atoms. The predicted octanol–water partition coefficient (Wildman–Crippen LogP) is 2.64. The van der Waals surface area contributed by atoms with Crippen molar-refractivity contribution in [2.75, 3.05) is 13.7 Å². The van der Waals surface area contributed by atoms with Crippen LogP contribution in [0.5, 0.6) is 5.75 Å². The lowest BCUT2D eigenvalue weighted by molar-refractivity contribution is -0.130. The number of carbonyl (C=O) groups is 1. The van der Waals surface area contributed by atoms with Crippen LogP contribution in [0.25, 0.3) is 10.8 Å². The van der Waals surface area contributed by atoms with Crippen molar-refractivity contribution in [1.29, 1.82) is 0 Å². The predicted molar refractivity (Wildman–Crippen MR) is 81.3 cm³/mol. The molecule has 1 aliphatic rings. The van der Waals surface area contributed by atoms with E-state index in [0.717, 1.165) is 34.9 Å². The minimum Gasteiger partial charge on any atom is -0.497 e. The normalized spacial score (nSPS) is 17.9. The first kappa shape index (κ1) is 13.9. The molecule has 0 saturated carbocycles. The molecule has 1 aliphatic heterocycles. The first-order valence-electron chi connectivity index (χ1n) is 7.22. The van der Waals surface area contributed by atoms with Crippen LogP contribution in [0.4, 0.5) is 0 Å². The highest BCUT2D eigenvalue weighted by molar-refractivity contribution is 5.85. The Morgan fingerprint density at radius 2 is 2.10 bits per heavy atom. The van der Waals surface area contributed by atoms with Crippen LogP contribution in [-0.4, -0.2) is 25.7 Å². The van der Waals surface area contributed by atoms with E-state index in [0.29, 0.717) is 13.2 Å². The minimum atomic E-state index is -0.269. The summed E-state index contributed by atoms with van der Waals surface area (Å²) in [5, 5.41) is 5.21. The molecular weight excluding hydrogens is 266 g/mol. The Hall–Kier alpha value is -2.07. The van der Waals surface area contributed by atoms with Gasteiger partial charge in [-0.3, -0.25) is 4.79 Å². The van der Waals surface area contributed by atoms with Gasteiger partial charge >= 0.3 is 0 Å². The molecule has 1 amide bonds. The van der Waals surface area contributed by atoms with Gasteiger partial charge in [0.15, 0.2) is 0 Å². The Kier molecular flexibility index (Phi) is 4.06. The number of rotatable bonds is 4. The van der Waals surface area contributed by atoms with E-state index in [4.69, 9.17) is 9.47 Å². The number of ether oxygens (including phenoxy) is 2. The largest absolute Gasteiger partial charge is 0.497 e. The van der Waals surface area contributed by atoms with Crippen LogP contribution in [0, 0.1) is 0 Å². The van der Waals surface area contributed by atoms with Gasteiger partial charge in [0.1, 0.15) is 11.9 Å². The van der Waals surface area contributed by atoms with Crippen LogP contribution in [0.2, 0.25) is 0 Å². The van der Waals surface area contributed by atoms with Crippen molar-refractivity contribution in [2.24, 2.45) is 0 Å². The Labute approximate surface area is 124 Å². The molecule has 0 bridgehead atoms. The maximum atomic E-state index is 11.9. The van der Waals surface area contributed by atoms with Crippen LogP contribution < -0.4 is 10.1 Å². The summed E-state index contributed by atoms with van der Waals surface area (Å²) in [7, 11) is 1.66. The molecule has 1 unspecified atom stereocenters. The second-order valence-electron chi connectivity index (χ2n) is 5.27. The molecule has 2 aromatic carbocycles. The van der Waals surface area contributed by atoms with Crippen LogP contribution in [0.3, 0.4) is 0 Å². The fourth-order valence-corrected chi connectivity index (χ4v) is 2.60. The standard InChI is InChI=1S/C17H19NO3/c1-20-15-7-6-13-9-12(4-5-14(13)10-15)11-18-17(19)16-3-2-8-21-16/h4-7,9-10,16H,2-3,8,11H2,1H3,(H,18,19). The Morgan fingerprint density at radius 1 is 1.29 bits per heavy atom. The second-order valence-corrected chi connectivity index (χ2v) is 5.27. The summed E-state index contributed by atoms with van der Waals surface area (Å²) in [6.45, 7) is 1.22. The van der Waals surface area contributed by atoms with Gasteiger partial charge < -0.3 is 14.8 Å². The van der Waals surface area contributed by atoms with Gasteiger partial charge in [-0.25, -0.2) is 0 Å². The van der Waals surface area contributed by atoms with E-state index in [1.807, 2.05) is 30.3 Å². The number of carbonyl (C=O) groups excluding carboxylic acids is 1. The quantitative estimate of drug-likeness (QED) is 0.939. The third-order valence-electron chi connectivity index (χ3n) is 3.80. The molecule has 4 nitrogen and oxygen atoms in total. The molecule has 1 atom stereocenters. The van der Waals surface area contributed by atoms with Crippen LogP contribution in [-0.2, 0) is 16.1 Å². The van der Waals surface area contributed by atoms with E-state index in [2.05, 4.69) is 11.4 Å². The average Bonchev–Trinajstić information content (AvgIpc) is 3.06. The molecule has 2 aromatic rings. The third kappa shape index (κ3) is 3.16. The van der Waals surface area contributed by atoms with Crippen molar-refractivity contribution in [3.63, 3.8) is 0 Å². The van der Waals surface area contributed by atoms with Gasteiger partial charge in [0.25, 0.3) is 0 Å². The summed E-state index contributed by atoms with van der Waals surface area (Å²) < 4.78 is 10.6. The summed E-state index contributed by atoms with van der Waals surface area (Å²) in [6, 6.07) is 12.1. The average molecular weight is 285 g/mol. The van der Waals surface area contributed by atoms with Gasteiger partial charge in [0.2, 0.25) is 5.91 Å². The smallest absolute Gasteiger partial charge is 0.249 e. The highest BCUT2D eigenvalue weighted by Gasteiger charge is 2.22. The second kappa shape index (κ2) is 6.14. The van der Waals surface area contributed by atoms with Crippen molar-refractivity contribution in [3.05, 3.63) is 42.0 Å². The lowest BCUT2D eigenvalue weighted by atomic mass is 10.1. The Bertz CT molecular complexity index is 648. The molecule has 0 spiro atoms. The van der Waals surface area contributed by atoms with Gasteiger partial charge in [-0.1, -0.05) is 18.2 Å². The fraction of sp³-hybridized carbons (Fsp3) is 0.353. The lowest BCUT2D eigenvalue weighted by Gasteiger charge is -2.11. The molecule has 3 rings (SSSR count). The topological polar surface area (TPSA) is 47.6 Å². The zero-order valence-corrected chi connectivity index (χ0v) is 12.1. The highest BCUT2D eigenvalue weighted by atomic mass is 16.5. The summed E-state index contributed by atoms with van der Waals surface area (Å²) in [6.07, 6.45) is 1.52. The summed E-state index contributed by atoms with van der Waals surface area (Å²) in [5.41, 5.74) is 1.08. The van der Waals surface area contributed by atoms with E-state index < -0.39 is 0 Å². The Morgan fingerprint density at radius 3 is 2.86 bits per heavy atom. The zero-order valence-electron chi connectivity index (χ0n) is 12.1. The number of hydrogen-bond donors (Lipinski definition) is 1. The minimum absolute atomic E-state index is 0.0117. The number of nitrogens with one attached hydrogen (secondary N) is 1. The van der Waals surface area contributed by atoms with Crippen molar-refractivity contribution >= 4 is 16.7 Å². The van der Waals surface area contributed by atoms with E-state index in [1.54, 1.807) is 7.11 Å². The summed E-state index contributed by atoms with van der Waals surface area (Å²) in [4.78, 5) is 11.9. The van der Waals surface area contributed by atoms with Crippen molar-refractivity contribution in [3.8, 4) is 5.75 Å². The molecule has 0 aliphatic carbocycles. The number of amides is 1. The van der Waals surface area contributed by atoms with Gasteiger partial charge in [-0.15, -0.1) is 0 Å². The molecule has 0 aromatic heterocycles. The van der Waals surface area contributed by atoms with Crippen molar-refractivity contribution < 1.29 is 14.3 Å².